The van der Waals surface area contributed by atoms with E-state index in [0.717, 1.165) is 11.5 Å². The number of benzene rings is 1. The van der Waals surface area contributed by atoms with Gasteiger partial charge >= 0.3 is 0 Å². The van der Waals surface area contributed by atoms with Gasteiger partial charge in [-0.15, -0.1) is 0 Å². The van der Waals surface area contributed by atoms with Crippen LogP contribution in [0.2, 0.25) is 0 Å². The molecular formula is C14H13N3. The van der Waals surface area contributed by atoms with Gasteiger partial charge < -0.3 is 4.90 Å². The lowest BCUT2D eigenvalue weighted by molar-refractivity contribution is 1.11. The Bertz CT molecular complexity index is 552. The van der Waals surface area contributed by atoms with Crippen molar-refractivity contribution in [2.24, 2.45) is 0 Å². The highest BCUT2D eigenvalue weighted by atomic mass is 15.2. The largest absolute Gasteiger partial charge is 0.329 e. The zero-order valence-corrected chi connectivity index (χ0v) is 9.88. The second-order valence-electron chi connectivity index (χ2n) is 3.89. The molecule has 1 aromatic carbocycles. The highest BCUT2D eigenvalue weighted by Gasteiger charge is 2.05. The summed E-state index contributed by atoms with van der Waals surface area (Å²) in [4.78, 5) is 6.21. The summed E-state index contributed by atoms with van der Waals surface area (Å²) in [6.45, 7) is 2.05. The summed E-state index contributed by atoms with van der Waals surface area (Å²) in [5.74, 6) is 0.771. The fourth-order valence-electron chi connectivity index (χ4n) is 1.57. The Morgan fingerprint density at radius 3 is 2.47 bits per heavy atom. The summed E-state index contributed by atoms with van der Waals surface area (Å²) in [7, 11) is 1.94. The summed E-state index contributed by atoms with van der Waals surface area (Å²) in [6.07, 6.45) is 0. The molecule has 1 heterocycles. The van der Waals surface area contributed by atoms with E-state index in [0.29, 0.717) is 5.69 Å². The number of hydrogen-bond donors (Lipinski definition) is 0. The standard InChI is InChI=1S/C14H13N3/c1-11-6-8-13(9-7-11)17(2)14-5-3-4-12(10-15)16-14/h3-9H,1-2H3. The second-order valence-corrected chi connectivity index (χ2v) is 3.89. The van der Waals surface area contributed by atoms with Gasteiger partial charge in [0.1, 0.15) is 17.6 Å². The number of nitrogens with zero attached hydrogens (tertiary/aromatic N) is 3. The van der Waals surface area contributed by atoms with Gasteiger partial charge in [0.25, 0.3) is 0 Å². The van der Waals surface area contributed by atoms with Gasteiger partial charge in [0.15, 0.2) is 0 Å². The average molecular weight is 223 g/mol. The Morgan fingerprint density at radius 1 is 1.12 bits per heavy atom. The van der Waals surface area contributed by atoms with E-state index in [1.807, 2.05) is 42.3 Å². The first-order valence-corrected chi connectivity index (χ1v) is 5.38. The molecule has 0 saturated heterocycles. The number of nitriles is 1. The van der Waals surface area contributed by atoms with Crippen molar-refractivity contribution < 1.29 is 0 Å². The molecule has 17 heavy (non-hydrogen) atoms. The van der Waals surface area contributed by atoms with E-state index < -0.39 is 0 Å². The molecule has 1 aromatic heterocycles. The fraction of sp³-hybridized carbons (Fsp3) is 0.143. The van der Waals surface area contributed by atoms with Crippen molar-refractivity contribution in [3.8, 4) is 6.07 Å². The molecule has 0 aliphatic rings. The Balaban J connectivity index is 2.33. The van der Waals surface area contributed by atoms with Crippen LogP contribution >= 0.6 is 0 Å². The molecule has 2 aromatic rings. The van der Waals surface area contributed by atoms with E-state index in [9.17, 15) is 0 Å². The van der Waals surface area contributed by atoms with Gasteiger partial charge in [-0.2, -0.15) is 5.26 Å². The lowest BCUT2D eigenvalue weighted by Gasteiger charge is -2.18. The van der Waals surface area contributed by atoms with Gasteiger partial charge in [-0.1, -0.05) is 23.8 Å². The zero-order valence-electron chi connectivity index (χ0n) is 9.88. The SMILES string of the molecule is Cc1ccc(N(C)c2cccc(C#N)n2)cc1. The van der Waals surface area contributed by atoms with E-state index >= 15 is 0 Å². The van der Waals surface area contributed by atoms with Gasteiger partial charge in [0.2, 0.25) is 0 Å². The Hall–Kier alpha value is -2.34. The molecule has 3 heteroatoms. The minimum atomic E-state index is 0.432. The average Bonchev–Trinajstić information content (AvgIpc) is 2.39. The number of aryl methyl sites for hydroxylation is 1. The minimum Gasteiger partial charge on any atom is -0.329 e. The molecule has 0 N–H and O–H groups in total. The van der Waals surface area contributed by atoms with E-state index in [2.05, 4.69) is 24.0 Å². The Labute approximate surface area is 101 Å². The summed E-state index contributed by atoms with van der Waals surface area (Å²) in [5.41, 5.74) is 2.71. The van der Waals surface area contributed by atoms with Crippen LogP contribution in [0.15, 0.2) is 42.5 Å². The van der Waals surface area contributed by atoms with Crippen LogP contribution in [0.1, 0.15) is 11.3 Å². The topological polar surface area (TPSA) is 39.9 Å². The lowest BCUT2D eigenvalue weighted by atomic mass is 10.2. The molecular weight excluding hydrogens is 210 g/mol. The number of aromatic nitrogens is 1. The van der Waals surface area contributed by atoms with E-state index in [4.69, 9.17) is 5.26 Å². The van der Waals surface area contributed by atoms with Crippen LogP contribution in [0, 0.1) is 18.3 Å². The third-order valence-electron chi connectivity index (χ3n) is 2.61. The molecule has 0 amide bonds. The van der Waals surface area contributed by atoms with Crippen molar-refractivity contribution in [3.63, 3.8) is 0 Å². The number of hydrogen-bond acceptors (Lipinski definition) is 3. The first-order valence-electron chi connectivity index (χ1n) is 5.38. The molecule has 0 atom stereocenters. The molecule has 0 fully saturated rings. The maximum Gasteiger partial charge on any atom is 0.142 e. The third-order valence-corrected chi connectivity index (χ3v) is 2.61. The van der Waals surface area contributed by atoms with Gasteiger partial charge in [-0.3, -0.25) is 0 Å². The number of anilines is 2. The zero-order chi connectivity index (χ0) is 12.3. The molecule has 84 valence electrons. The van der Waals surface area contributed by atoms with Gasteiger partial charge in [-0.05, 0) is 31.2 Å². The van der Waals surface area contributed by atoms with Crippen LogP contribution in [0.25, 0.3) is 0 Å². The molecule has 0 saturated carbocycles. The highest BCUT2D eigenvalue weighted by Crippen LogP contribution is 2.21. The maximum absolute atomic E-state index is 8.82. The van der Waals surface area contributed by atoms with Crippen LogP contribution in [-0.2, 0) is 0 Å². The van der Waals surface area contributed by atoms with E-state index in [1.165, 1.54) is 5.56 Å². The van der Waals surface area contributed by atoms with Crippen LogP contribution in [-0.4, -0.2) is 12.0 Å². The number of pyridine rings is 1. The third kappa shape index (κ3) is 2.43. The summed E-state index contributed by atoms with van der Waals surface area (Å²) in [5, 5.41) is 8.82. The smallest absolute Gasteiger partial charge is 0.142 e. The predicted octanol–water partition coefficient (Wildman–Crippen LogP) is 3.03. The van der Waals surface area contributed by atoms with Crippen LogP contribution < -0.4 is 4.90 Å². The van der Waals surface area contributed by atoms with Crippen LogP contribution in [0.4, 0.5) is 11.5 Å². The van der Waals surface area contributed by atoms with Gasteiger partial charge in [-0.25, -0.2) is 4.98 Å². The minimum absolute atomic E-state index is 0.432. The monoisotopic (exact) mass is 223 g/mol. The first kappa shape index (κ1) is 11.2. The van der Waals surface area contributed by atoms with Crippen molar-refractivity contribution in [2.45, 2.75) is 6.92 Å². The van der Waals surface area contributed by atoms with Crippen molar-refractivity contribution in [3.05, 3.63) is 53.7 Å². The summed E-state index contributed by atoms with van der Waals surface area (Å²) >= 11 is 0. The Kier molecular flexibility index (Phi) is 3.06. The van der Waals surface area contributed by atoms with Crippen molar-refractivity contribution >= 4 is 11.5 Å². The summed E-state index contributed by atoms with van der Waals surface area (Å²) < 4.78 is 0. The normalized spacial score (nSPS) is 9.71. The molecule has 0 bridgehead atoms. The van der Waals surface area contributed by atoms with E-state index in [1.54, 1.807) is 6.07 Å². The van der Waals surface area contributed by atoms with Crippen LogP contribution in [0.3, 0.4) is 0 Å². The number of rotatable bonds is 2. The lowest BCUT2D eigenvalue weighted by Crippen LogP contribution is -2.11. The summed E-state index contributed by atoms with van der Waals surface area (Å²) in [6, 6.07) is 15.7. The van der Waals surface area contributed by atoms with Crippen LogP contribution in [0.5, 0.6) is 0 Å². The molecule has 0 spiro atoms. The van der Waals surface area contributed by atoms with Crippen molar-refractivity contribution in [1.29, 1.82) is 5.26 Å². The Morgan fingerprint density at radius 2 is 1.82 bits per heavy atom. The highest BCUT2D eigenvalue weighted by molar-refractivity contribution is 5.59. The second kappa shape index (κ2) is 4.67. The van der Waals surface area contributed by atoms with Crippen molar-refractivity contribution in [2.75, 3.05) is 11.9 Å². The quantitative estimate of drug-likeness (QED) is 0.785. The molecule has 3 nitrogen and oxygen atoms in total. The molecule has 0 radical (unpaired) electrons. The maximum atomic E-state index is 8.82. The van der Waals surface area contributed by atoms with Gasteiger partial charge in [0.05, 0.1) is 0 Å². The fourth-order valence-corrected chi connectivity index (χ4v) is 1.57. The molecule has 0 unspecified atom stereocenters. The van der Waals surface area contributed by atoms with E-state index in [-0.39, 0.29) is 0 Å². The molecule has 2 rings (SSSR count). The molecule has 0 aliphatic heterocycles. The molecule has 0 aliphatic carbocycles. The van der Waals surface area contributed by atoms with Crippen molar-refractivity contribution in [1.82, 2.24) is 4.98 Å². The first-order chi connectivity index (χ1) is 8.20. The predicted molar refractivity (Wildman–Crippen MR) is 68.2 cm³/mol. The van der Waals surface area contributed by atoms with Gasteiger partial charge in [0, 0.05) is 12.7 Å².